The maximum atomic E-state index is 14.8. The molecule has 0 bridgehead atoms. The second kappa shape index (κ2) is 6.98. The molecule has 1 atom stereocenters. The molecule has 3 heterocycles. The minimum Gasteiger partial charge on any atom is -0.503 e. The Morgan fingerprint density at radius 2 is 1.83 bits per heavy atom. The first-order valence-corrected chi connectivity index (χ1v) is 10.4. The number of nitrogens with zero attached hydrogens (tertiary/aromatic N) is 2. The van der Waals surface area contributed by atoms with Gasteiger partial charge in [0.05, 0.1) is 6.04 Å². The van der Waals surface area contributed by atoms with Gasteiger partial charge in [-0.2, -0.15) is 0 Å². The second-order valence-corrected chi connectivity index (χ2v) is 8.23. The van der Waals surface area contributed by atoms with Gasteiger partial charge >= 0.3 is 0 Å². The Labute approximate surface area is 174 Å². The van der Waals surface area contributed by atoms with Gasteiger partial charge in [0.1, 0.15) is 0 Å². The summed E-state index contributed by atoms with van der Waals surface area (Å²) in [7, 11) is 0. The predicted octanol–water partition coefficient (Wildman–Crippen LogP) is 3.75. The summed E-state index contributed by atoms with van der Waals surface area (Å²) in [5.74, 6) is -2.47. The molecule has 3 aromatic rings. The quantitative estimate of drug-likeness (QED) is 0.642. The summed E-state index contributed by atoms with van der Waals surface area (Å²) in [5, 5.41) is 12.1. The molecule has 5 nitrogen and oxygen atoms in total. The van der Waals surface area contributed by atoms with E-state index in [2.05, 4.69) is 0 Å². The number of pyridine rings is 1. The zero-order valence-electron chi connectivity index (χ0n) is 15.6. The van der Waals surface area contributed by atoms with Gasteiger partial charge in [-0.1, -0.05) is 24.3 Å². The van der Waals surface area contributed by atoms with E-state index in [-0.39, 0.29) is 35.8 Å². The van der Waals surface area contributed by atoms with E-state index in [0.29, 0.717) is 5.56 Å². The third kappa shape index (κ3) is 2.74. The van der Waals surface area contributed by atoms with Crippen LogP contribution in [0.1, 0.15) is 39.6 Å². The average Bonchev–Trinajstić information content (AvgIpc) is 2.91. The summed E-state index contributed by atoms with van der Waals surface area (Å²) in [4.78, 5) is 25.3. The Bertz CT molecular complexity index is 1260. The van der Waals surface area contributed by atoms with Crippen molar-refractivity contribution in [2.45, 2.75) is 23.1 Å². The molecule has 0 amide bonds. The smallest absolute Gasteiger partial charge is 0.224 e. The van der Waals surface area contributed by atoms with Crippen molar-refractivity contribution in [3.8, 4) is 5.75 Å². The summed E-state index contributed by atoms with van der Waals surface area (Å²) < 4.78 is 30.2. The van der Waals surface area contributed by atoms with Crippen LogP contribution in [0.15, 0.2) is 58.4 Å². The minimum atomic E-state index is -0.908. The molecule has 2 aliphatic rings. The van der Waals surface area contributed by atoms with Crippen LogP contribution in [0.5, 0.6) is 5.75 Å². The van der Waals surface area contributed by atoms with Crippen LogP contribution < -0.4 is 10.4 Å². The lowest BCUT2D eigenvalue weighted by Gasteiger charge is -2.40. The molecule has 1 N–H and O–H groups in total. The van der Waals surface area contributed by atoms with Crippen LogP contribution in [-0.4, -0.2) is 22.1 Å². The normalized spacial score (nSPS) is 17.7. The fourth-order valence-corrected chi connectivity index (χ4v) is 5.29. The first-order valence-electron chi connectivity index (χ1n) is 9.40. The van der Waals surface area contributed by atoms with E-state index in [1.807, 2.05) is 29.3 Å². The van der Waals surface area contributed by atoms with Gasteiger partial charge in [0.25, 0.3) is 0 Å². The van der Waals surface area contributed by atoms with Crippen LogP contribution in [0.3, 0.4) is 0 Å². The highest BCUT2D eigenvalue weighted by Gasteiger charge is 2.36. The Morgan fingerprint density at radius 1 is 1.03 bits per heavy atom. The van der Waals surface area contributed by atoms with Crippen molar-refractivity contribution < 1.29 is 18.7 Å². The second-order valence-electron chi connectivity index (χ2n) is 7.22. The maximum Gasteiger partial charge on any atom is 0.224 e. The van der Waals surface area contributed by atoms with Crippen molar-refractivity contribution in [1.29, 1.82) is 0 Å². The van der Waals surface area contributed by atoms with Gasteiger partial charge in [-0.3, -0.25) is 14.3 Å². The fraction of sp³-hybridized carbons (Fsp3) is 0.182. The van der Waals surface area contributed by atoms with E-state index < -0.39 is 28.9 Å². The lowest BCUT2D eigenvalue weighted by atomic mass is 9.93. The number of carbonyl (C=O) groups excluding carboxylic acids is 1. The molecule has 0 saturated carbocycles. The topological polar surface area (TPSA) is 62.5 Å². The third-order valence-electron chi connectivity index (χ3n) is 5.57. The molecule has 30 heavy (non-hydrogen) atoms. The van der Waals surface area contributed by atoms with Crippen LogP contribution in [-0.2, 0) is 5.75 Å². The van der Waals surface area contributed by atoms with Crippen molar-refractivity contribution in [2.75, 3.05) is 11.6 Å². The van der Waals surface area contributed by atoms with Crippen LogP contribution in [0.2, 0.25) is 0 Å². The standard InChI is InChI=1S/C22H16F2N2O3S/c23-15-6-5-12-14(19(15)24)11-30-18-4-2-1-3-13(18)20(12)25-9-7-16(27)21-22(29)17(28)8-10-26(21)25/h1-6,8,10,20,29H,7,9,11H2/t20-/m0/s1. The van der Waals surface area contributed by atoms with Crippen molar-refractivity contribution in [3.63, 3.8) is 0 Å². The number of thioether (sulfide) groups is 1. The molecule has 0 spiro atoms. The molecule has 0 aliphatic carbocycles. The van der Waals surface area contributed by atoms with E-state index in [1.165, 1.54) is 28.7 Å². The maximum absolute atomic E-state index is 14.8. The molecule has 0 radical (unpaired) electrons. The number of Topliss-reactive ketones (excluding diaryl/α,β-unsaturated/α-hetero) is 1. The van der Waals surface area contributed by atoms with Crippen LogP contribution in [0.25, 0.3) is 0 Å². The summed E-state index contributed by atoms with van der Waals surface area (Å²) in [6.45, 7) is 0.288. The number of benzene rings is 2. The number of hydrogen-bond acceptors (Lipinski definition) is 5. The van der Waals surface area contributed by atoms with Gasteiger partial charge in [0, 0.05) is 41.4 Å². The first kappa shape index (κ1) is 18.9. The van der Waals surface area contributed by atoms with E-state index >= 15 is 0 Å². The monoisotopic (exact) mass is 426 g/mol. The molecule has 2 aromatic carbocycles. The highest BCUT2D eigenvalue weighted by Crippen LogP contribution is 2.43. The third-order valence-corrected chi connectivity index (χ3v) is 6.69. The predicted molar refractivity (Wildman–Crippen MR) is 109 cm³/mol. The lowest BCUT2D eigenvalue weighted by Crippen LogP contribution is -2.46. The van der Waals surface area contributed by atoms with E-state index in [0.717, 1.165) is 16.5 Å². The molecule has 5 rings (SSSR count). The number of ketones is 1. The molecular weight excluding hydrogens is 410 g/mol. The molecule has 1 aromatic heterocycles. The van der Waals surface area contributed by atoms with Gasteiger partial charge < -0.3 is 10.1 Å². The molecule has 0 fully saturated rings. The Balaban J connectivity index is 1.79. The van der Waals surface area contributed by atoms with Crippen LogP contribution >= 0.6 is 11.8 Å². The zero-order valence-corrected chi connectivity index (χ0v) is 16.5. The molecular formula is C22H16F2N2O3S. The molecule has 0 saturated heterocycles. The van der Waals surface area contributed by atoms with Crippen LogP contribution in [0, 0.1) is 11.6 Å². The van der Waals surface area contributed by atoms with Gasteiger partial charge in [-0.15, -0.1) is 11.8 Å². The zero-order chi connectivity index (χ0) is 21.0. The van der Waals surface area contributed by atoms with Crippen molar-refractivity contribution in [3.05, 3.63) is 92.9 Å². The van der Waals surface area contributed by atoms with E-state index in [1.54, 1.807) is 6.07 Å². The van der Waals surface area contributed by atoms with Gasteiger partial charge in [-0.05, 0) is 23.3 Å². The number of carbonyl (C=O) groups is 1. The molecule has 2 aliphatic heterocycles. The Morgan fingerprint density at radius 3 is 2.67 bits per heavy atom. The number of halogens is 2. The van der Waals surface area contributed by atoms with E-state index in [4.69, 9.17) is 0 Å². The number of hydrogen-bond donors (Lipinski definition) is 1. The minimum absolute atomic E-state index is 0.0852. The Kier molecular flexibility index (Phi) is 4.39. The van der Waals surface area contributed by atoms with E-state index in [9.17, 15) is 23.5 Å². The van der Waals surface area contributed by atoms with Crippen molar-refractivity contribution in [2.24, 2.45) is 0 Å². The largest absolute Gasteiger partial charge is 0.503 e. The summed E-state index contributed by atoms with van der Waals surface area (Å²) in [5.41, 5.74) is 1.01. The Hall–Kier alpha value is -3.13. The summed E-state index contributed by atoms with van der Waals surface area (Å²) in [6.07, 6.45) is 1.52. The lowest BCUT2D eigenvalue weighted by molar-refractivity contribution is 0.0952. The summed E-state index contributed by atoms with van der Waals surface area (Å²) in [6, 6.07) is 10.9. The number of rotatable bonds is 1. The first-order chi connectivity index (χ1) is 14.5. The molecule has 0 unspecified atom stereocenters. The van der Waals surface area contributed by atoms with Crippen molar-refractivity contribution >= 4 is 17.5 Å². The number of fused-ring (bicyclic) bond motifs is 3. The van der Waals surface area contributed by atoms with Gasteiger partial charge in [-0.25, -0.2) is 8.78 Å². The van der Waals surface area contributed by atoms with Crippen LogP contribution in [0.4, 0.5) is 8.78 Å². The number of aromatic hydroxyl groups is 1. The fourth-order valence-electron chi connectivity index (χ4n) is 4.17. The number of aromatic nitrogens is 1. The van der Waals surface area contributed by atoms with Gasteiger partial charge in [0.2, 0.25) is 5.43 Å². The van der Waals surface area contributed by atoms with Crippen molar-refractivity contribution in [1.82, 2.24) is 4.68 Å². The highest BCUT2D eigenvalue weighted by atomic mass is 32.2. The SMILES string of the molecule is O=C1CCN([C@@H]2c3ccccc3SCc3c2ccc(F)c3F)n2ccc(=O)c(O)c21. The average molecular weight is 426 g/mol. The highest BCUT2D eigenvalue weighted by molar-refractivity contribution is 7.98. The molecule has 8 heteroatoms. The summed E-state index contributed by atoms with van der Waals surface area (Å²) >= 11 is 1.42. The van der Waals surface area contributed by atoms with Gasteiger partial charge in [0.15, 0.2) is 28.9 Å². The molecule has 152 valence electrons.